The van der Waals surface area contributed by atoms with Crippen molar-refractivity contribution in [1.82, 2.24) is 0 Å². The first-order chi connectivity index (χ1) is 13.5. The second-order valence-electron chi connectivity index (χ2n) is 5.82. The lowest BCUT2D eigenvalue weighted by molar-refractivity contribution is -0.141. The normalized spacial score (nSPS) is 12.9. The highest BCUT2D eigenvalue weighted by Crippen LogP contribution is 2.35. The highest BCUT2D eigenvalue weighted by atomic mass is 32.2. The van der Waals surface area contributed by atoms with Gasteiger partial charge in [0.2, 0.25) is 0 Å². The Balaban J connectivity index is 2.01. The van der Waals surface area contributed by atoms with E-state index in [1.54, 1.807) is 31.2 Å². The number of carbonyl (C=O) groups is 1. The summed E-state index contributed by atoms with van der Waals surface area (Å²) >= 11 is 0. The molecule has 0 amide bonds. The molecule has 1 aliphatic heterocycles. The molecule has 0 saturated heterocycles. The minimum absolute atomic E-state index is 0.0208. The first kappa shape index (κ1) is 19.8. The predicted octanol–water partition coefficient (Wildman–Crippen LogP) is 2.22. The molecule has 0 radical (unpaired) electrons. The average Bonchev–Trinajstić information content (AvgIpc) is 2.72. The molecular weight excluding hydrogens is 386 g/mol. The monoisotopic (exact) mass is 407 g/mol. The molecule has 9 heteroatoms. The minimum Gasteiger partial charge on any atom is -0.497 e. The van der Waals surface area contributed by atoms with Crippen molar-refractivity contribution in [2.45, 2.75) is 11.8 Å². The van der Waals surface area contributed by atoms with Gasteiger partial charge in [-0.25, -0.2) is 8.42 Å². The van der Waals surface area contributed by atoms with E-state index >= 15 is 0 Å². The van der Waals surface area contributed by atoms with Gasteiger partial charge in [-0.05, 0) is 43.3 Å². The highest BCUT2D eigenvalue weighted by Gasteiger charge is 2.29. The van der Waals surface area contributed by atoms with Crippen LogP contribution in [0.25, 0.3) is 0 Å². The van der Waals surface area contributed by atoms with Gasteiger partial charge < -0.3 is 18.9 Å². The lowest BCUT2D eigenvalue weighted by Gasteiger charge is -2.26. The number of anilines is 1. The maximum atomic E-state index is 13.2. The summed E-state index contributed by atoms with van der Waals surface area (Å²) in [4.78, 5) is 12.1. The number of ether oxygens (including phenoxy) is 4. The van der Waals surface area contributed by atoms with Crippen LogP contribution in [0.2, 0.25) is 0 Å². The van der Waals surface area contributed by atoms with Crippen LogP contribution in [0.4, 0.5) is 5.69 Å². The third kappa shape index (κ3) is 4.14. The summed E-state index contributed by atoms with van der Waals surface area (Å²) < 4.78 is 48.5. The molecule has 150 valence electrons. The van der Waals surface area contributed by atoms with Crippen LogP contribution in [-0.2, 0) is 19.6 Å². The van der Waals surface area contributed by atoms with E-state index in [4.69, 9.17) is 18.9 Å². The Morgan fingerprint density at radius 1 is 1.07 bits per heavy atom. The largest absolute Gasteiger partial charge is 0.497 e. The van der Waals surface area contributed by atoms with Gasteiger partial charge in [-0.15, -0.1) is 0 Å². The lowest BCUT2D eigenvalue weighted by atomic mass is 10.2. The maximum Gasteiger partial charge on any atom is 0.326 e. The van der Waals surface area contributed by atoms with Crippen LogP contribution in [0.15, 0.2) is 47.4 Å². The van der Waals surface area contributed by atoms with Gasteiger partial charge in [0.25, 0.3) is 10.0 Å². The topological polar surface area (TPSA) is 91.4 Å². The molecule has 0 bridgehead atoms. The Morgan fingerprint density at radius 2 is 1.75 bits per heavy atom. The number of benzene rings is 2. The average molecular weight is 407 g/mol. The van der Waals surface area contributed by atoms with Gasteiger partial charge in [-0.3, -0.25) is 9.10 Å². The second-order valence-corrected chi connectivity index (χ2v) is 7.68. The number of hydrogen-bond acceptors (Lipinski definition) is 7. The van der Waals surface area contributed by atoms with Gasteiger partial charge in [0, 0.05) is 6.07 Å². The molecular formula is C19H21NO7S. The molecule has 3 rings (SSSR count). The zero-order valence-corrected chi connectivity index (χ0v) is 16.4. The molecule has 1 aliphatic rings. The Morgan fingerprint density at radius 3 is 2.39 bits per heavy atom. The summed E-state index contributed by atoms with van der Waals surface area (Å²) in [5, 5.41) is 0. The maximum absolute atomic E-state index is 13.2. The Bertz CT molecular complexity index is 941. The van der Waals surface area contributed by atoms with Crippen LogP contribution in [0.1, 0.15) is 6.92 Å². The molecule has 0 atom stereocenters. The third-order valence-corrected chi connectivity index (χ3v) is 5.83. The zero-order chi connectivity index (χ0) is 20.1. The lowest BCUT2D eigenvalue weighted by Crippen LogP contribution is -2.36. The van der Waals surface area contributed by atoms with Gasteiger partial charge >= 0.3 is 5.97 Å². The standard InChI is InChI=1S/C19H21NO7S/c1-3-25-19(21)13-20(14-4-9-17-18(12-14)27-11-10-26-17)28(22,23)16-7-5-15(24-2)6-8-16/h4-9,12H,3,10-11,13H2,1-2H3. The number of fused-ring (bicyclic) bond motifs is 1. The van der Waals surface area contributed by atoms with E-state index in [1.807, 2.05) is 0 Å². The molecule has 8 nitrogen and oxygen atoms in total. The SMILES string of the molecule is CCOC(=O)CN(c1ccc2c(c1)OCCO2)S(=O)(=O)c1ccc(OC)cc1. The number of hydrogen-bond donors (Lipinski definition) is 0. The van der Waals surface area contributed by atoms with E-state index in [0.29, 0.717) is 30.5 Å². The summed E-state index contributed by atoms with van der Waals surface area (Å²) in [6, 6.07) is 10.6. The first-order valence-electron chi connectivity index (χ1n) is 8.67. The molecule has 2 aromatic carbocycles. The summed E-state index contributed by atoms with van der Waals surface area (Å²) in [6.45, 7) is 2.12. The molecule has 0 N–H and O–H groups in total. The number of rotatable bonds is 7. The quantitative estimate of drug-likeness (QED) is 0.650. The second kappa shape index (κ2) is 8.39. The fourth-order valence-electron chi connectivity index (χ4n) is 2.70. The predicted molar refractivity (Wildman–Crippen MR) is 102 cm³/mol. The summed E-state index contributed by atoms with van der Waals surface area (Å²) in [5.74, 6) is 0.806. The van der Waals surface area contributed by atoms with Gasteiger partial charge in [0.15, 0.2) is 11.5 Å². The van der Waals surface area contributed by atoms with Gasteiger partial charge in [-0.2, -0.15) is 0 Å². The molecule has 0 aromatic heterocycles. The van der Waals surface area contributed by atoms with Crippen molar-refractivity contribution in [2.75, 3.05) is 37.8 Å². The fraction of sp³-hybridized carbons (Fsp3) is 0.316. The van der Waals surface area contributed by atoms with Crippen molar-refractivity contribution >= 4 is 21.7 Å². The summed E-state index contributed by atoms with van der Waals surface area (Å²) in [7, 11) is -2.55. The van der Waals surface area contributed by atoms with Crippen molar-refractivity contribution in [3.8, 4) is 17.2 Å². The van der Waals surface area contributed by atoms with Crippen molar-refractivity contribution in [3.05, 3.63) is 42.5 Å². The van der Waals surface area contributed by atoms with Crippen LogP contribution in [-0.4, -0.2) is 47.9 Å². The van der Waals surface area contributed by atoms with E-state index in [-0.39, 0.29) is 17.2 Å². The van der Waals surface area contributed by atoms with Crippen molar-refractivity contribution in [3.63, 3.8) is 0 Å². The smallest absolute Gasteiger partial charge is 0.326 e. The molecule has 1 heterocycles. The van der Waals surface area contributed by atoms with E-state index < -0.39 is 22.5 Å². The molecule has 2 aromatic rings. The van der Waals surface area contributed by atoms with Crippen LogP contribution in [0.5, 0.6) is 17.2 Å². The highest BCUT2D eigenvalue weighted by molar-refractivity contribution is 7.92. The van der Waals surface area contributed by atoms with Crippen molar-refractivity contribution in [1.29, 1.82) is 0 Å². The van der Waals surface area contributed by atoms with E-state index in [0.717, 1.165) is 4.31 Å². The number of methoxy groups -OCH3 is 1. The summed E-state index contributed by atoms with van der Waals surface area (Å²) in [6.07, 6.45) is 0. The number of esters is 1. The van der Waals surface area contributed by atoms with Crippen molar-refractivity contribution < 1.29 is 32.2 Å². The fourth-order valence-corrected chi connectivity index (χ4v) is 4.10. The van der Waals surface area contributed by atoms with Crippen LogP contribution in [0.3, 0.4) is 0 Å². The Kier molecular flexibility index (Phi) is 5.93. The van der Waals surface area contributed by atoms with Crippen LogP contribution >= 0.6 is 0 Å². The van der Waals surface area contributed by atoms with Crippen LogP contribution in [0, 0.1) is 0 Å². The molecule has 0 aliphatic carbocycles. The van der Waals surface area contributed by atoms with E-state index in [2.05, 4.69) is 0 Å². The molecule has 0 saturated carbocycles. The Labute approximate surface area is 163 Å². The van der Waals surface area contributed by atoms with E-state index in [1.165, 1.54) is 25.3 Å². The van der Waals surface area contributed by atoms with Gasteiger partial charge in [0.05, 0.1) is 24.3 Å². The van der Waals surface area contributed by atoms with E-state index in [9.17, 15) is 13.2 Å². The number of nitrogens with zero attached hydrogens (tertiary/aromatic N) is 1. The third-order valence-electron chi connectivity index (χ3n) is 4.04. The molecule has 0 spiro atoms. The zero-order valence-electron chi connectivity index (χ0n) is 15.6. The number of carbonyl (C=O) groups excluding carboxylic acids is 1. The molecule has 0 fully saturated rings. The summed E-state index contributed by atoms with van der Waals surface area (Å²) in [5.41, 5.74) is 0.271. The first-order valence-corrected chi connectivity index (χ1v) is 10.1. The Hall–Kier alpha value is -2.94. The number of sulfonamides is 1. The molecule has 0 unspecified atom stereocenters. The molecule has 28 heavy (non-hydrogen) atoms. The minimum atomic E-state index is -4.04. The van der Waals surface area contributed by atoms with Gasteiger partial charge in [-0.1, -0.05) is 0 Å². The van der Waals surface area contributed by atoms with Crippen molar-refractivity contribution in [2.24, 2.45) is 0 Å². The van der Waals surface area contributed by atoms with Gasteiger partial charge in [0.1, 0.15) is 25.5 Å². The van der Waals surface area contributed by atoms with Crippen LogP contribution < -0.4 is 18.5 Å².